The summed E-state index contributed by atoms with van der Waals surface area (Å²) in [6.45, 7) is 9.79. The van der Waals surface area contributed by atoms with Crippen molar-refractivity contribution in [3.05, 3.63) is 42.0 Å². The van der Waals surface area contributed by atoms with E-state index in [1.165, 1.54) is 29.2 Å². The average Bonchev–Trinajstić information content (AvgIpc) is 2.99. The molecule has 0 bridgehead atoms. The van der Waals surface area contributed by atoms with Gasteiger partial charge in [0.2, 0.25) is 0 Å². The van der Waals surface area contributed by atoms with Crippen molar-refractivity contribution in [3.8, 4) is 5.75 Å². The van der Waals surface area contributed by atoms with Gasteiger partial charge in [0, 0.05) is 11.9 Å². The Morgan fingerprint density at radius 3 is 2.53 bits per heavy atom. The van der Waals surface area contributed by atoms with Crippen LogP contribution in [0.5, 0.6) is 5.75 Å². The van der Waals surface area contributed by atoms with Crippen molar-refractivity contribution in [1.82, 2.24) is 4.90 Å². The smallest absolute Gasteiger partial charge is 0.306 e. The first-order valence-corrected chi connectivity index (χ1v) is 12.4. The van der Waals surface area contributed by atoms with Crippen LogP contribution in [0.15, 0.2) is 36.4 Å². The largest absolute Gasteiger partial charge is 0.490 e. The highest BCUT2D eigenvalue weighted by Crippen LogP contribution is 2.39. The molecule has 1 aliphatic heterocycles. The molecule has 32 heavy (non-hydrogen) atoms. The van der Waals surface area contributed by atoms with Crippen molar-refractivity contribution in [3.63, 3.8) is 0 Å². The summed E-state index contributed by atoms with van der Waals surface area (Å²) in [6.07, 6.45) is 7.60. The number of aliphatic carboxylic acids is 1. The maximum absolute atomic E-state index is 11.3. The van der Waals surface area contributed by atoms with E-state index in [9.17, 15) is 9.90 Å². The Labute approximate surface area is 192 Å². The Balaban J connectivity index is 1.40. The van der Waals surface area contributed by atoms with Crippen molar-refractivity contribution >= 4 is 16.7 Å². The van der Waals surface area contributed by atoms with E-state index in [1.54, 1.807) is 0 Å². The zero-order chi connectivity index (χ0) is 22.7. The molecule has 4 nitrogen and oxygen atoms in total. The third-order valence-electron chi connectivity index (χ3n) is 7.67. The SMILES string of the molecule is CC(C)(C)C1CCC(Oc2cccc3cc(CN4CCCC(C(=O)O)CC4)ccc23)CC1. The van der Waals surface area contributed by atoms with Gasteiger partial charge in [-0.15, -0.1) is 0 Å². The van der Waals surface area contributed by atoms with Crippen LogP contribution in [0.25, 0.3) is 10.8 Å². The predicted molar refractivity (Wildman–Crippen MR) is 130 cm³/mol. The van der Waals surface area contributed by atoms with E-state index < -0.39 is 5.97 Å². The number of nitrogens with zero attached hydrogens (tertiary/aromatic N) is 1. The number of carbonyl (C=O) groups is 1. The number of rotatable bonds is 5. The zero-order valence-corrected chi connectivity index (χ0v) is 20.0. The van der Waals surface area contributed by atoms with E-state index in [4.69, 9.17) is 4.74 Å². The number of benzene rings is 2. The van der Waals surface area contributed by atoms with Crippen molar-refractivity contribution < 1.29 is 14.6 Å². The van der Waals surface area contributed by atoms with Gasteiger partial charge in [0.05, 0.1) is 12.0 Å². The molecule has 0 spiro atoms. The summed E-state index contributed by atoms with van der Waals surface area (Å²) in [6, 6.07) is 13.1. The molecule has 2 aromatic carbocycles. The molecule has 1 saturated carbocycles. The third kappa shape index (κ3) is 5.64. The molecule has 2 fully saturated rings. The molecule has 174 valence electrons. The van der Waals surface area contributed by atoms with Crippen molar-refractivity contribution in [2.24, 2.45) is 17.3 Å². The highest BCUT2D eigenvalue weighted by atomic mass is 16.5. The molecule has 1 aliphatic carbocycles. The van der Waals surface area contributed by atoms with Crippen LogP contribution in [0.1, 0.15) is 71.3 Å². The lowest BCUT2D eigenvalue weighted by Crippen LogP contribution is -2.30. The summed E-state index contributed by atoms with van der Waals surface area (Å²) < 4.78 is 6.50. The number of ether oxygens (including phenoxy) is 1. The fraction of sp³-hybridized carbons (Fsp3) is 0.607. The van der Waals surface area contributed by atoms with Gasteiger partial charge in [-0.25, -0.2) is 0 Å². The molecular weight excluding hydrogens is 398 g/mol. The molecule has 1 atom stereocenters. The Kier molecular flexibility index (Phi) is 7.09. The summed E-state index contributed by atoms with van der Waals surface area (Å²) in [7, 11) is 0. The lowest BCUT2D eigenvalue weighted by molar-refractivity contribution is -0.142. The highest BCUT2D eigenvalue weighted by Gasteiger charge is 2.30. The normalized spacial score (nSPS) is 25.4. The molecule has 1 saturated heterocycles. The quantitative estimate of drug-likeness (QED) is 0.579. The minimum absolute atomic E-state index is 0.185. The Morgan fingerprint density at radius 1 is 1.03 bits per heavy atom. The van der Waals surface area contributed by atoms with E-state index in [1.807, 2.05) is 0 Å². The number of hydrogen-bond donors (Lipinski definition) is 1. The summed E-state index contributed by atoms with van der Waals surface area (Å²) in [5, 5.41) is 11.7. The lowest BCUT2D eigenvalue weighted by atomic mass is 9.72. The van der Waals surface area contributed by atoms with Crippen LogP contribution in [-0.4, -0.2) is 35.2 Å². The Bertz CT molecular complexity index is 924. The van der Waals surface area contributed by atoms with Gasteiger partial charge in [0.25, 0.3) is 0 Å². The van der Waals surface area contributed by atoms with Crippen LogP contribution in [0.2, 0.25) is 0 Å². The summed E-state index contributed by atoms with van der Waals surface area (Å²) in [5.41, 5.74) is 1.68. The maximum atomic E-state index is 11.3. The lowest BCUT2D eigenvalue weighted by Gasteiger charge is -2.37. The second-order valence-electron chi connectivity index (χ2n) is 11.0. The molecule has 2 aliphatic rings. The fourth-order valence-electron chi connectivity index (χ4n) is 5.55. The van der Waals surface area contributed by atoms with Crippen LogP contribution < -0.4 is 4.74 Å². The van der Waals surface area contributed by atoms with Crippen LogP contribution >= 0.6 is 0 Å². The Hall–Kier alpha value is -2.07. The van der Waals surface area contributed by atoms with E-state index in [0.29, 0.717) is 11.5 Å². The fourth-order valence-corrected chi connectivity index (χ4v) is 5.55. The number of carboxylic acids is 1. The van der Waals surface area contributed by atoms with Crippen molar-refractivity contribution in [1.29, 1.82) is 0 Å². The van der Waals surface area contributed by atoms with Gasteiger partial charge in [-0.2, -0.15) is 0 Å². The molecule has 1 heterocycles. The zero-order valence-electron chi connectivity index (χ0n) is 20.0. The molecule has 2 aromatic rings. The van der Waals surface area contributed by atoms with Crippen molar-refractivity contribution in [2.45, 2.75) is 78.4 Å². The van der Waals surface area contributed by atoms with E-state index in [-0.39, 0.29) is 5.92 Å². The first-order valence-electron chi connectivity index (χ1n) is 12.4. The van der Waals surface area contributed by atoms with Gasteiger partial charge in [0.15, 0.2) is 0 Å². The second-order valence-corrected chi connectivity index (χ2v) is 11.0. The van der Waals surface area contributed by atoms with Crippen LogP contribution in [0, 0.1) is 17.3 Å². The van der Waals surface area contributed by atoms with E-state index in [2.05, 4.69) is 62.1 Å². The molecule has 1 N–H and O–H groups in total. The first kappa shape index (κ1) is 23.1. The molecular formula is C28H39NO3. The highest BCUT2D eigenvalue weighted by molar-refractivity contribution is 5.88. The number of fused-ring (bicyclic) bond motifs is 1. The van der Waals surface area contributed by atoms with Gasteiger partial charge in [-0.05, 0) is 92.5 Å². The van der Waals surface area contributed by atoms with Crippen LogP contribution in [0.3, 0.4) is 0 Å². The van der Waals surface area contributed by atoms with Gasteiger partial charge in [-0.1, -0.05) is 45.0 Å². The topological polar surface area (TPSA) is 49.8 Å². The molecule has 0 aromatic heterocycles. The predicted octanol–water partition coefficient (Wildman–Crippen LogP) is 6.51. The summed E-state index contributed by atoms with van der Waals surface area (Å²) >= 11 is 0. The number of carboxylic acid groups (broad SMARTS) is 1. The first-order chi connectivity index (χ1) is 15.3. The maximum Gasteiger partial charge on any atom is 0.306 e. The molecule has 1 unspecified atom stereocenters. The number of hydrogen-bond acceptors (Lipinski definition) is 3. The van der Waals surface area contributed by atoms with Crippen LogP contribution in [0.4, 0.5) is 0 Å². The Morgan fingerprint density at radius 2 is 1.81 bits per heavy atom. The monoisotopic (exact) mass is 437 g/mol. The van der Waals surface area contributed by atoms with Gasteiger partial charge >= 0.3 is 5.97 Å². The minimum Gasteiger partial charge on any atom is -0.490 e. The summed E-state index contributed by atoms with van der Waals surface area (Å²) in [5.74, 6) is 0.973. The van der Waals surface area contributed by atoms with Gasteiger partial charge in [0.1, 0.15) is 5.75 Å². The van der Waals surface area contributed by atoms with E-state index in [0.717, 1.165) is 63.4 Å². The number of likely N-dealkylation sites (tertiary alicyclic amines) is 1. The third-order valence-corrected chi connectivity index (χ3v) is 7.67. The molecule has 4 heteroatoms. The molecule has 0 amide bonds. The van der Waals surface area contributed by atoms with Crippen LogP contribution in [-0.2, 0) is 11.3 Å². The standard InChI is InChI=1S/C28H39NO3/c1-28(2,3)23-10-12-24(13-11-23)32-26-8-4-6-22-18-20(9-14-25(22)26)19-29-16-5-7-21(15-17-29)27(30)31/h4,6,8-9,14,18,21,23-24H,5,7,10-13,15-17,19H2,1-3H3,(H,30,31). The van der Waals surface area contributed by atoms with Crippen molar-refractivity contribution in [2.75, 3.05) is 13.1 Å². The summed E-state index contributed by atoms with van der Waals surface area (Å²) in [4.78, 5) is 13.7. The van der Waals surface area contributed by atoms with Gasteiger partial charge < -0.3 is 9.84 Å². The van der Waals surface area contributed by atoms with Gasteiger partial charge in [-0.3, -0.25) is 9.69 Å². The molecule has 0 radical (unpaired) electrons. The second kappa shape index (κ2) is 9.82. The minimum atomic E-state index is -0.642. The van der Waals surface area contributed by atoms with E-state index >= 15 is 0 Å². The molecule has 4 rings (SSSR count). The average molecular weight is 438 g/mol.